The van der Waals surface area contributed by atoms with E-state index in [2.05, 4.69) is 11.8 Å². The minimum atomic E-state index is 0.0824. The lowest BCUT2D eigenvalue weighted by Gasteiger charge is -2.22. The van der Waals surface area contributed by atoms with Gasteiger partial charge in [-0.25, -0.2) is 0 Å². The second kappa shape index (κ2) is 6.50. The predicted molar refractivity (Wildman–Crippen MR) is 75.3 cm³/mol. The molecule has 17 heavy (non-hydrogen) atoms. The average Bonchev–Trinajstić information content (AvgIpc) is 2.28. The van der Waals surface area contributed by atoms with Crippen molar-refractivity contribution in [2.75, 3.05) is 18.5 Å². The Morgan fingerprint density at radius 3 is 2.71 bits per heavy atom. The second-order valence-electron chi connectivity index (χ2n) is 4.20. The van der Waals surface area contributed by atoms with Crippen LogP contribution in [-0.4, -0.2) is 19.4 Å². The summed E-state index contributed by atoms with van der Waals surface area (Å²) in [5.41, 5.74) is 7.25. The van der Waals surface area contributed by atoms with Crippen molar-refractivity contribution in [1.82, 2.24) is 0 Å². The third kappa shape index (κ3) is 3.93. The number of amidine groups is 1. The summed E-state index contributed by atoms with van der Waals surface area (Å²) < 4.78 is 0. The van der Waals surface area contributed by atoms with Crippen LogP contribution in [0.15, 0.2) is 18.2 Å². The Hall–Kier alpha value is -1.22. The highest BCUT2D eigenvalue weighted by molar-refractivity contribution is 6.31. The van der Waals surface area contributed by atoms with Crippen LogP contribution in [0.4, 0.5) is 5.69 Å². The summed E-state index contributed by atoms with van der Waals surface area (Å²) in [5.74, 6) is 0.0824. The minimum Gasteiger partial charge on any atom is -0.384 e. The number of nitrogens with one attached hydrogen (secondary N) is 1. The summed E-state index contributed by atoms with van der Waals surface area (Å²) >= 11 is 5.99. The molecular weight excluding hydrogens is 234 g/mol. The highest BCUT2D eigenvalue weighted by atomic mass is 35.5. The first kappa shape index (κ1) is 13.8. The topological polar surface area (TPSA) is 53.1 Å². The third-order valence-corrected chi connectivity index (χ3v) is 2.99. The molecule has 3 nitrogen and oxygen atoms in total. The summed E-state index contributed by atoms with van der Waals surface area (Å²) in [6.07, 6.45) is 3.54. The van der Waals surface area contributed by atoms with Crippen molar-refractivity contribution >= 4 is 23.1 Å². The maximum atomic E-state index is 7.56. The smallest absolute Gasteiger partial charge is 0.124 e. The normalized spacial score (nSPS) is 10.3. The lowest BCUT2D eigenvalue weighted by molar-refractivity contribution is 0.705. The number of anilines is 1. The molecule has 4 heteroatoms. The van der Waals surface area contributed by atoms with E-state index in [1.54, 1.807) is 12.1 Å². The largest absolute Gasteiger partial charge is 0.384 e. The zero-order chi connectivity index (χ0) is 12.8. The van der Waals surface area contributed by atoms with E-state index in [4.69, 9.17) is 22.7 Å². The maximum absolute atomic E-state index is 7.56. The number of benzene rings is 1. The number of nitrogens with two attached hydrogens (primary N) is 1. The Kier molecular flexibility index (Phi) is 5.29. The van der Waals surface area contributed by atoms with Gasteiger partial charge in [-0.1, -0.05) is 31.4 Å². The van der Waals surface area contributed by atoms with Gasteiger partial charge in [-0.2, -0.15) is 0 Å². The Morgan fingerprint density at radius 1 is 1.41 bits per heavy atom. The molecule has 0 aromatic heterocycles. The number of hydrogen-bond donors (Lipinski definition) is 2. The van der Waals surface area contributed by atoms with Crippen molar-refractivity contribution in [3.05, 3.63) is 28.8 Å². The Balaban J connectivity index is 2.86. The Bertz CT molecular complexity index is 390. The fourth-order valence-corrected chi connectivity index (χ4v) is 1.93. The molecule has 0 aliphatic heterocycles. The summed E-state index contributed by atoms with van der Waals surface area (Å²) in [5, 5.41) is 8.23. The van der Waals surface area contributed by atoms with Crippen LogP contribution >= 0.6 is 11.6 Å². The van der Waals surface area contributed by atoms with Gasteiger partial charge in [-0.15, -0.1) is 0 Å². The molecule has 0 saturated carbocycles. The van der Waals surface area contributed by atoms with Gasteiger partial charge in [-0.05, 0) is 24.6 Å². The molecule has 0 aliphatic rings. The quantitative estimate of drug-likeness (QED) is 0.465. The molecule has 0 bridgehead atoms. The molecule has 0 unspecified atom stereocenters. The van der Waals surface area contributed by atoms with E-state index in [-0.39, 0.29) is 5.84 Å². The maximum Gasteiger partial charge on any atom is 0.124 e. The molecule has 1 aromatic carbocycles. The van der Waals surface area contributed by atoms with Crippen molar-refractivity contribution in [3.8, 4) is 0 Å². The minimum absolute atomic E-state index is 0.0824. The van der Waals surface area contributed by atoms with Gasteiger partial charge in [0.1, 0.15) is 5.84 Å². The van der Waals surface area contributed by atoms with Crippen LogP contribution in [0.5, 0.6) is 0 Å². The van der Waals surface area contributed by atoms with Crippen LogP contribution in [0, 0.1) is 5.41 Å². The van der Waals surface area contributed by atoms with Crippen LogP contribution in [0.25, 0.3) is 0 Å². The van der Waals surface area contributed by atoms with E-state index in [9.17, 15) is 0 Å². The van der Waals surface area contributed by atoms with E-state index in [0.717, 1.165) is 24.2 Å². The van der Waals surface area contributed by atoms with Crippen molar-refractivity contribution in [1.29, 1.82) is 5.41 Å². The standard InChI is InChI=1S/C13H20ClN3/c1-3-4-5-8-17(2)12-9-10(14)6-7-11(12)13(15)16/h6-7,9H,3-5,8H2,1-2H3,(H3,15,16). The van der Waals surface area contributed by atoms with Crippen molar-refractivity contribution in [2.45, 2.75) is 26.2 Å². The Labute approximate surface area is 108 Å². The average molecular weight is 254 g/mol. The number of rotatable bonds is 6. The van der Waals surface area contributed by atoms with Crippen molar-refractivity contribution in [3.63, 3.8) is 0 Å². The number of nitrogens with zero attached hydrogens (tertiary/aromatic N) is 1. The lowest BCUT2D eigenvalue weighted by atomic mass is 10.1. The summed E-state index contributed by atoms with van der Waals surface area (Å²) in [6.45, 7) is 3.13. The molecule has 0 heterocycles. The van der Waals surface area contributed by atoms with E-state index in [1.807, 2.05) is 13.1 Å². The van der Waals surface area contributed by atoms with Gasteiger partial charge in [-0.3, -0.25) is 5.41 Å². The molecule has 0 fully saturated rings. The van der Waals surface area contributed by atoms with Crippen LogP contribution in [0.3, 0.4) is 0 Å². The van der Waals surface area contributed by atoms with Crippen LogP contribution in [0.2, 0.25) is 5.02 Å². The fourth-order valence-electron chi connectivity index (χ4n) is 1.77. The molecule has 1 aromatic rings. The molecule has 0 amide bonds. The first-order valence-corrected chi connectivity index (χ1v) is 6.29. The Morgan fingerprint density at radius 2 is 2.12 bits per heavy atom. The van der Waals surface area contributed by atoms with Crippen LogP contribution in [-0.2, 0) is 0 Å². The first-order valence-electron chi connectivity index (χ1n) is 5.91. The van der Waals surface area contributed by atoms with E-state index in [0.29, 0.717) is 5.02 Å². The second-order valence-corrected chi connectivity index (χ2v) is 4.64. The number of halogens is 1. The van der Waals surface area contributed by atoms with Crippen molar-refractivity contribution < 1.29 is 0 Å². The van der Waals surface area contributed by atoms with E-state index >= 15 is 0 Å². The summed E-state index contributed by atoms with van der Waals surface area (Å²) in [7, 11) is 2.01. The molecule has 94 valence electrons. The number of nitrogen functional groups attached to an aromatic ring is 1. The number of unbranched alkanes of at least 4 members (excludes halogenated alkanes) is 2. The van der Waals surface area contributed by atoms with Gasteiger partial charge in [0.05, 0.1) is 0 Å². The zero-order valence-corrected chi connectivity index (χ0v) is 11.2. The highest BCUT2D eigenvalue weighted by Gasteiger charge is 2.10. The summed E-state index contributed by atoms with van der Waals surface area (Å²) in [6, 6.07) is 5.43. The van der Waals surface area contributed by atoms with E-state index in [1.165, 1.54) is 12.8 Å². The molecule has 3 N–H and O–H groups in total. The third-order valence-electron chi connectivity index (χ3n) is 2.76. The summed E-state index contributed by atoms with van der Waals surface area (Å²) in [4.78, 5) is 2.11. The van der Waals surface area contributed by atoms with Gasteiger partial charge < -0.3 is 10.6 Å². The molecule has 0 saturated heterocycles. The van der Waals surface area contributed by atoms with Gasteiger partial charge in [0.2, 0.25) is 0 Å². The van der Waals surface area contributed by atoms with E-state index < -0.39 is 0 Å². The first-order chi connectivity index (χ1) is 8.06. The molecule has 0 atom stereocenters. The van der Waals surface area contributed by atoms with Gasteiger partial charge in [0.15, 0.2) is 0 Å². The molecule has 0 radical (unpaired) electrons. The van der Waals surface area contributed by atoms with Crippen LogP contribution in [0.1, 0.15) is 31.7 Å². The zero-order valence-electron chi connectivity index (χ0n) is 10.5. The predicted octanol–water partition coefficient (Wildman–Crippen LogP) is 3.25. The molecule has 0 spiro atoms. The molecule has 0 aliphatic carbocycles. The lowest BCUT2D eigenvalue weighted by Crippen LogP contribution is -2.23. The highest BCUT2D eigenvalue weighted by Crippen LogP contribution is 2.24. The van der Waals surface area contributed by atoms with Gasteiger partial charge in [0.25, 0.3) is 0 Å². The van der Waals surface area contributed by atoms with Gasteiger partial charge >= 0.3 is 0 Å². The monoisotopic (exact) mass is 253 g/mol. The van der Waals surface area contributed by atoms with Crippen LogP contribution < -0.4 is 10.6 Å². The fraction of sp³-hybridized carbons (Fsp3) is 0.462. The SMILES string of the molecule is CCCCCN(C)c1cc(Cl)ccc1C(=N)N. The molecular formula is C13H20ClN3. The number of hydrogen-bond acceptors (Lipinski definition) is 2. The van der Waals surface area contributed by atoms with Crippen molar-refractivity contribution in [2.24, 2.45) is 5.73 Å². The van der Waals surface area contributed by atoms with Gasteiger partial charge in [0, 0.05) is 29.9 Å². The molecule has 1 rings (SSSR count).